The van der Waals surface area contributed by atoms with Gasteiger partial charge in [-0.2, -0.15) is 0 Å². The van der Waals surface area contributed by atoms with E-state index in [9.17, 15) is 4.79 Å². The molecule has 0 bridgehead atoms. The number of nitrogens with zero attached hydrogens (tertiary/aromatic N) is 1. The predicted molar refractivity (Wildman–Crippen MR) is 96.3 cm³/mol. The highest BCUT2D eigenvalue weighted by molar-refractivity contribution is 7.98. The second-order valence-corrected chi connectivity index (χ2v) is 7.66. The summed E-state index contributed by atoms with van der Waals surface area (Å²) in [6.07, 6.45) is 2.01. The normalized spacial score (nSPS) is 10.6. The van der Waals surface area contributed by atoms with Crippen molar-refractivity contribution in [3.8, 4) is 9.88 Å². The molecular formula is C16H14N2OS3. The maximum Gasteiger partial charge on any atom is 0.275 e. The van der Waals surface area contributed by atoms with Crippen LogP contribution in [-0.2, 0) is 0 Å². The van der Waals surface area contributed by atoms with Crippen LogP contribution in [0, 0.1) is 6.92 Å². The third-order valence-electron chi connectivity index (χ3n) is 3.02. The summed E-state index contributed by atoms with van der Waals surface area (Å²) in [7, 11) is 0. The van der Waals surface area contributed by atoms with E-state index in [4.69, 9.17) is 0 Å². The van der Waals surface area contributed by atoms with Crippen molar-refractivity contribution in [1.29, 1.82) is 0 Å². The lowest BCUT2D eigenvalue weighted by atomic mass is 10.3. The number of anilines is 1. The van der Waals surface area contributed by atoms with E-state index >= 15 is 0 Å². The second kappa shape index (κ2) is 6.64. The first-order valence-electron chi connectivity index (χ1n) is 6.63. The topological polar surface area (TPSA) is 42.0 Å². The maximum atomic E-state index is 12.3. The molecule has 1 N–H and O–H groups in total. The van der Waals surface area contributed by atoms with Crippen LogP contribution in [0.5, 0.6) is 0 Å². The van der Waals surface area contributed by atoms with E-state index in [-0.39, 0.29) is 5.91 Å². The fraction of sp³-hybridized carbons (Fsp3) is 0.125. The number of nitrogens with one attached hydrogen (secondary N) is 1. The lowest BCUT2D eigenvalue weighted by Gasteiger charge is -2.04. The number of aryl methyl sites for hydroxylation is 1. The van der Waals surface area contributed by atoms with Crippen molar-refractivity contribution in [3.05, 3.63) is 52.3 Å². The minimum atomic E-state index is -0.172. The molecule has 2 aromatic heterocycles. The monoisotopic (exact) mass is 346 g/mol. The van der Waals surface area contributed by atoms with Crippen molar-refractivity contribution in [2.45, 2.75) is 11.8 Å². The van der Waals surface area contributed by atoms with E-state index in [0.717, 1.165) is 20.5 Å². The SMILES string of the molecule is CSc1cccc(NC(=O)c2csc(-c3ccc(C)s3)n2)c1. The van der Waals surface area contributed by atoms with E-state index in [1.54, 1.807) is 28.5 Å². The van der Waals surface area contributed by atoms with Crippen molar-refractivity contribution in [3.63, 3.8) is 0 Å². The van der Waals surface area contributed by atoms with Gasteiger partial charge in [0.1, 0.15) is 10.7 Å². The Bertz CT molecular complexity index is 807. The molecule has 6 heteroatoms. The van der Waals surface area contributed by atoms with Crippen LogP contribution in [0.2, 0.25) is 0 Å². The van der Waals surface area contributed by atoms with Gasteiger partial charge in [-0.25, -0.2) is 4.98 Å². The zero-order valence-electron chi connectivity index (χ0n) is 12.1. The number of amides is 1. The van der Waals surface area contributed by atoms with E-state index in [1.165, 1.54) is 16.2 Å². The molecule has 2 heterocycles. The Morgan fingerprint density at radius 1 is 1.27 bits per heavy atom. The van der Waals surface area contributed by atoms with Crippen LogP contribution in [0.3, 0.4) is 0 Å². The van der Waals surface area contributed by atoms with Crippen LogP contribution >= 0.6 is 34.4 Å². The lowest BCUT2D eigenvalue weighted by molar-refractivity contribution is 0.102. The molecule has 3 aromatic rings. The molecule has 1 aromatic carbocycles. The Balaban J connectivity index is 1.76. The number of thiophene rings is 1. The summed E-state index contributed by atoms with van der Waals surface area (Å²) >= 11 is 4.83. The molecule has 0 fully saturated rings. The molecule has 22 heavy (non-hydrogen) atoms. The molecule has 0 aliphatic heterocycles. The standard InChI is InChI=1S/C16H14N2OS3/c1-10-6-7-14(22-10)16-18-13(9-21-16)15(19)17-11-4-3-5-12(8-11)20-2/h3-9H,1-2H3,(H,17,19). The Morgan fingerprint density at radius 3 is 2.86 bits per heavy atom. The van der Waals surface area contributed by atoms with Crippen LogP contribution in [0.1, 0.15) is 15.4 Å². The number of hydrogen-bond donors (Lipinski definition) is 1. The number of carbonyl (C=O) groups excluding carboxylic acids is 1. The van der Waals surface area contributed by atoms with Crippen molar-refractivity contribution >= 4 is 46.0 Å². The van der Waals surface area contributed by atoms with Gasteiger partial charge >= 0.3 is 0 Å². The van der Waals surface area contributed by atoms with Crippen molar-refractivity contribution < 1.29 is 4.79 Å². The molecule has 0 saturated carbocycles. The van der Waals surface area contributed by atoms with Gasteiger partial charge < -0.3 is 5.32 Å². The van der Waals surface area contributed by atoms with Crippen LogP contribution < -0.4 is 5.32 Å². The van der Waals surface area contributed by atoms with Gasteiger partial charge in [0.25, 0.3) is 5.91 Å². The van der Waals surface area contributed by atoms with Gasteiger partial charge in [0.05, 0.1) is 4.88 Å². The predicted octanol–water partition coefficient (Wildman–Crippen LogP) is 5.15. The molecule has 0 aliphatic carbocycles. The fourth-order valence-electron chi connectivity index (χ4n) is 1.94. The summed E-state index contributed by atoms with van der Waals surface area (Å²) in [5, 5.41) is 5.59. The number of aromatic nitrogens is 1. The number of rotatable bonds is 4. The molecular weight excluding hydrogens is 332 g/mol. The highest BCUT2D eigenvalue weighted by Crippen LogP contribution is 2.30. The first kappa shape index (κ1) is 15.3. The van der Waals surface area contributed by atoms with Crippen LogP contribution in [-0.4, -0.2) is 17.1 Å². The summed E-state index contributed by atoms with van der Waals surface area (Å²) in [5.41, 5.74) is 1.25. The number of hydrogen-bond acceptors (Lipinski definition) is 5. The highest BCUT2D eigenvalue weighted by atomic mass is 32.2. The maximum absolute atomic E-state index is 12.3. The largest absolute Gasteiger partial charge is 0.321 e. The van der Waals surface area contributed by atoms with Crippen LogP contribution in [0.15, 0.2) is 46.7 Å². The molecule has 3 rings (SSSR count). The first-order valence-corrected chi connectivity index (χ1v) is 9.55. The average Bonchev–Trinajstić information content (AvgIpc) is 3.16. The van der Waals surface area contributed by atoms with E-state index in [1.807, 2.05) is 36.6 Å². The minimum Gasteiger partial charge on any atom is -0.321 e. The second-order valence-electron chi connectivity index (χ2n) is 4.63. The van der Waals surface area contributed by atoms with Gasteiger partial charge in [-0.3, -0.25) is 4.79 Å². The number of thiazole rings is 1. The molecule has 0 saturated heterocycles. The van der Waals surface area contributed by atoms with Gasteiger partial charge in [0.2, 0.25) is 0 Å². The Kier molecular flexibility index (Phi) is 4.61. The van der Waals surface area contributed by atoms with Crippen molar-refractivity contribution in [2.75, 3.05) is 11.6 Å². The summed E-state index contributed by atoms with van der Waals surface area (Å²) in [6.45, 7) is 2.06. The molecule has 0 spiro atoms. The first-order chi connectivity index (χ1) is 10.7. The summed E-state index contributed by atoms with van der Waals surface area (Å²) in [5.74, 6) is -0.172. The summed E-state index contributed by atoms with van der Waals surface area (Å²) < 4.78 is 0. The number of benzene rings is 1. The van der Waals surface area contributed by atoms with Gasteiger partial charge in [0, 0.05) is 20.8 Å². The van der Waals surface area contributed by atoms with E-state index in [2.05, 4.69) is 23.3 Å². The molecule has 0 radical (unpaired) electrons. The minimum absolute atomic E-state index is 0.172. The smallest absolute Gasteiger partial charge is 0.275 e. The van der Waals surface area contributed by atoms with Gasteiger partial charge in [-0.15, -0.1) is 34.4 Å². The average molecular weight is 347 g/mol. The zero-order chi connectivity index (χ0) is 15.5. The Morgan fingerprint density at radius 2 is 2.14 bits per heavy atom. The van der Waals surface area contributed by atoms with Crippen molar-refractivity contribution in [1.82, 2.24) is 4.98 Å². The van der Waals surface area contributed by atoms with Gasteiger partial charge in [-0.1, -0.05) is 6.07 Å². The molecule has 0 aliphatic rings. The zero-order valence-corrected chi connectivity index (χ0v) is 14.6. The van der Waals surface area contributed by atoms with E-state index < -0.39 is 0 Å². The molecule has 0 atom stereocenters. The van der Waals surface area contributed by atoms with Gasteiger partial charge in [-0.05, 0) is 43.5 Å². The summed E-state index contributed by atoms with van der Waals surface area (Å²) in [6, 6.07) is 11.9. The molecule has 3 nitrogen and oxygen atoms in total. The van der Waals surface area contributed by atoms with Crippen LogP contribution in [0.4, 0.5) is 5.69 Å². The van der Waals surface area contributed by atoms with Gasteiger partial charge in [0.15, 0.2) is 0 Å². The number of carbonyl (C=O) groups is 1. The highest BCUT2D eigenvalue weighted by Gasteiger charge is 2.13. The van der Waals surface area contributed by atoms with Crippen LogP contribution in [0.25, 0.3) is 9.88 Å². The third kappa shape index (κ3) is 3.40. The third-order valence-corrected chi connectivity index (χ3v) is 5.75. The quantitative estimate of drug-likeness (QED) is 0.664. The molecule has 1 amide bonds. The van der Waals surface area contributed by atoms with Crippen molar-refractivity contribution in [2.24, 2.45) is 0 Å². The Hall–Kier alpha value is -1.63. The summed E-state index contributed by atoms with van der Waals surface area (Å²) in [4.78, 5) is 20.2. The van der Waals surface area contributed by atoms with E-state index in [0.29, 0.717) is 5.69 Å². The molecule has 0 unspecified atom stereocenters. The number of thioether (sulfide) groups is 1. The lowest BCUT2D eigenvalue weighted by Crippen LogP contribution is -2.12. The fourth-order valence-corrected chi connectivity index (χ4v) is 4.14. The Labute approximate surface area is 141 Å². The molecule has 112 valence electrons.